The van der Waals surface area contributed by atoms with Crippen molar-refractivity contribution in [1.82, 2.24) is 0 Å². The van der Waals surface area contributed by atoms with Crippen LogP contribution in [0.15, 0.2) is 24.3 Å². The highest BCUT2D eigenvalue weighted by atomic mass is 16.4. The van der Waals surface area contributed by atoms with Crippen molar-refractivity contribution >= 4 is 5.97 Å². The molecule has 0 unspecified atom stereocenters. The lowest BCUT2D eigenvalue weighted by molar-refractivity contribution is 0.0697. The van der Waals surface area contributed by atoms with Gasteiger partial charge in [-0.05, 0) is 30.7 Å². The molecule has 0 heterocycles. The maximum atomic E-state index is 10.6. The van der Waals surface area contributed by atoms with Gasteiger partial charge >= 0.3 is 5.97 Å². The third kappa shape index (κ3) is 3.86. The maximum absolute atomic E-state index is 10.6. The van der Waals surface area contributed by atoms with Crippen LogP contribution in [0.2, 0.25) is 0 Å². The van der Waals surface area contributed by atoms with Crippen molar-refractivity contribution < 1.29 is 9.90 Å². The highest BCUT2D eigenvalue weighted by Gasteiger charge is 1.99. The minimum Gasteiger partial charge on any atom is -0.478 e. The largest absolute Gasteiger partial charge is 0.478 e. The van der Waals surface area contributed by atoms with Crippen LogP contribution in [0, 0.1) is 11.8 Å². The van der Waals surface area contributed by atoms with E-state index in [4.69, 9.17) is 5.11 Å². The minimum atomic E-state index is -0.902. The molecular formula is C13H14O2. The molecule has 0 aliphatic heterocycles. The lowest BCUT2D eigenvalue weighted by Gasteiger charge is -1.93. The van der Waals surface area contributed by atoms with Gasteiger partial charge < -0.3 is 5.11 Å². The Hall–Kier alpha value is -1.75. The van der Waals surface area contributed by atoms with Crippen LogP contribution in [-0.2, 0) is 0 Å². The summed E-state index contributed by atoms with van der Waals surface area (Å²) in [6.07, 6.45) is 3.16. The summed E-state index contributed by atoms with van der Waals surface area (Å²) in [5, 5.41) is 8.69. The number of hydrogen-bond donors (Lipinski definition) is 1. The molecule has 2 nitrogen and oxygen atoms in total. The van der Waals surface area contributed by atoms with E-state index in [-0.39, 0.29) is 0 Å². The molecule has 1 N–H and O–H groups in total. The zero-order valence-corrected chi connectivity index (χ0v) is 8.79. The van der Waals surface area contributed by atoms with E-state index in [1.165, 1.54) is 0 Å². The molecule has 1 rings (SSSR count). The van der Waals surface area contributed by atoms with E-state index in [0.29, 0.717) is 5.56 Å². The molecule has 0 saturated carbocycles. The Morgan fingerprint density at radius 2 is 2.00 bits per heavy atom. The second-order valence-corrected chi connectivity index (χ2v) is 3.29. The predicted octanol–water partition coefficient (Wildman–Crippen LogP) is 2.93. The zero-order chi connectivity index (χ0) is 11.1. The van der Waals surface area contributed by atoms with Crippen molar-refractivity contribution in [2.24, 2.45) is 0 Å². The minimum absolute atomic E-state index is 0.300. The molecule has 78 valence electrons. The number of carbonyl (C=O) groups is 1. The Balaban J connectivity index is 2.63. The molecular weight excluding hydrogens is 188 g/mol. The number of rotatable bonds is 3. The zero-order valence-electron chi connectivity index (χ0n) is 8.79. The third-order valence-corrected chi connectivity index (χ3v) is 2.02. The topological polar surface area (TPSA) is 37.3 Å². The molecule has 0 atom stereocenters. The van der Waals surface area contributed by atoms with Gasteiger partial charge in [-0.2, -0.15) is 0 Å². The number of aromatic carboxylic acids is 1. The van der Waals surface area contributed by atoms with Gasteiger partial charge in [0.2, 0.25) is 0 Å². The summed E-state index contributed by atoms with van der Waals surface area (Å²) in [4.78, 5) is 10.6. The number of unbranched alkanes of at least 4 members (excludes halogenated alkanes) is 2. The Morgan fingerprint density at radius 1 is 1.33 bits per heavy atom. The number of carboxylic acids is 1. The maximum Gasteiger partial charge on any atom is 0.335 e. The second-order valence-electron chi connectivity index (χ2n) is 3.29. The van der Waals surface area contributed by atoms with Crippen molar-refractivity contribution in [2.75, 3.05) is 0 Å². The quantitative estimate of drug-likeness (QED) is 0.604. The monoisotopic (exact) mass is 202 g/mol. The van der Waals surface area contributed by atoms with E-state index < -0.39 is 5.97 Å². The standard InChI is InChI=1S/C13H14O2/c1-2-3-4-5-6-11-7-9-12(10-8-11)13(14)15/h7-10H,2-4H2,1H3,(H,14,15). The molecule has 1 aromatic carbocycles. The van der Waals surface area contributed by atoms with Gasteiger partial charge in [0.05, 0.1) is 5.56 Å². The summed E-state index contributed by atoms with van der Waals surface area (Å²) in [6, 6.07) is 6.63. The fourth-order valence-corrected chi connectivity index (χ4v) is 1.13. The summed E-state index contributed by atoms with van der Waals surface area (Å²) in [5.41, 5.74) is 1.17. The summed E-state index contributed by atoms with van der Waals surface area (Å²) < 4.78 is 0. The van der Waals surface area contributed by atoms with Crippen LogP contribution in [0.5, 0.6) is 0 Å². The first-order chi connectivity index (χ1) is 7.24. The molecule has 0 radical (unpaired) electrons. The molecule has 0 amide bonds. The number of carboxylic acid groups (broad SMARTS) is 1. The van der Waals surface area contributed by atoms with Crippen molar-refractivity contribution in [1.29, 1.82) is 0 Å². The summed E-state index contributed by atoms with van der Waals surface area (Å²) in [6.45, 7) is 2.13. The highest BCUT2D eigenvalue weighted by Crippen LogP contribution is 2.03. The van der Waals surface area contributed by atoms with Crippen LogP contribution in [0.25, 0.3) is 0 Å². The SMILES string of the molecule is CCCCC#Cc1ccc(C(=O)O)cc1. The first kappa shape index (κ1) is 11.3. The van der Waals surface area contributed by atoms with Gasteiger partial charge in [-0.15, -0.1) is 0 Å². The predicted molar refractivity (Wildman–Crippen MR) is 59.8 cm³/mol. The molecule has 1 aromatic rings. The molecule has 0 spiro atoms. The van der Waals surface area contributed by atoms with Crippen LogP contribution < -0.4 is 0 Å². The van der Waals surface area contributed by atoms with Crippen molar-refractivity contribution in [3.05, 3.63) is 35.4 Å². The highest BCUT2D eigenvalue weighted by molar-refractivity contribution is 5.87. The molecule has 2 heteroatoms. The third-order valence-electron chi connectivity index (χ3n) is 2.02. The van der Waals surface area contributed by atoms with Crippen molar-refractivity contribution in [3.63, 3.8) is 0 Å². The van der Waals surface area contributed by atoms with Crippen LogP contribution in [-0.4, -0.2) is 11.1 Å². The van der Waals surface area contributed by atoms with Crippen molar-refractivity contribution in [2.45, 2.75) is 26.2 Å². The van der Waals surface area contributed by atoms with Gasteiger partial charge in [0.15, 0.2) is 0 Å². The van der Waals surface area contributed by atoms with Crippen LogP contribution >= 0.6 is 0 Å². The van der Waals surface area contributed by atoms with Gasteiger partial charge in [-0.1, -0.05) is 25.2 Å². The van der Waals surface area contributed by atoms with E-state index >= 15 is 0 Å². The fraction of sp³-hybridized carbons (Fsp3) is 0.308. The summed E-state index contributed by atoms with van der Waals surface area (Å²) in [7, 11) is 0. The average Bonchev–Trinajstić information content (AvgIpc) is 2.25. The molecule has 0 fully saturated rings. The van der Waals surface area contributed by atoms with E-state index in [0.717, 1.165) is 24.8 Å². The van der Waals surface area contributed by atoms with Crippen LogP contribution in [0.3, 0.4) is 0 Å². The normalized spacial score (nSPS) is 9.13. The number of benzene rings is 1. The van der Waals surface area contributed by atoms with Gasteiger partial charge in [0.25, 0.3) is 0 Å². The molecule has 0 bridgehead atoms. The molecule has 0 aliphatic rings. The second kappa shape index (κ2) is 5.87. The summed E-state index contributed by atoms with van der Waals surface area (Å²) >= 11 is 0. The van der Waals surface area contributed by atoms with Gasteiger partial charge in [0, 0.05) is 12.0 Å². The Labute approximate surface area is 89.9 Å². The van der Waals surface area contributed by atoms with Gasteiger partial charge in [0.1, 0.15) is 0 Å². The Kier molecular flexibility index (Phi) is 4.43. The number of hydrogen-bond acceptors (Lipinski definition) is 1. The molecule has 15 heavy (non-hydrogen) atoms. The lowest BCUT2D eigenvalue weighted by Crippen LogP contribution is -1.94. The van der Waals surface area contributed by atoms with Crippen molar-refractivity contribution in [3.8, 4) is 11.8 Å². The Morgan fingerprint density at radius 3 is 2.53 bits per heavy atom. The fourth-order valence-electron chi connectivity index (χ4n) is 1.13. The smallest absolute Gasteiger partial charge is 0.335 e. The first-order valence-corrected chi connectivity index (χ1v) is 5.06. The molecule has 0 aromatic heterocycles. The first-order valence-electron chi connectivity index (χ1n) is 5.06. The summed E-state index contributed by atoms with van der Waals surface area (Å²) in [5.74, 6) is 5.15. The van der Waals surface area contributed by atoms with E-state index in [1.807, 2.05) is 0 Å². The van der Waals surface area contributed by atoms with Gasteiger partial charge in [-0.25, -0.2) is 4.79 Å². The molecule has 0 aliphatic carbocycles. The van der Waals surface area contributed by atoms with Gasteiger partial charge in [-0.3, -0.25) is 0 Å². The van der Waals surface area contributed by atoms with E-state index in [9.17, 15) is 4.79 Å². The van der Waals surface area contributed by atoms with Crippen LogP contribution in [0.1, 0.15) is 42.1 Å². The van der Waals surface area contributed by atoms with E-state index in [2.05, 4.69) is 18.8 Å². The average molecular weight is 202 g/mol. The van der Waals surface area contributed by atoms with E-state index in [1.54, 1.807) is 24.3 Å². The lowest BCUT2D eigenvalue weighted by atomic mass is 10.1. The molecule has 0 saturated heterocycles. The van der Waals surface area contributed by atoms with Crippen LogP contribution in [0.4, 0.5) is 0 Å². The Bertz CT molecular complexity index is 379.